The third-order valence-electron chi connectivity index (χ3n) is 3.73. The summed E-state index contributed by atoms with van der Waals surface area (Å²) in [5.41, 5.74) is -0.261. The van der Waals surface area contributed by atoms with E-state index in [1.807, 2.05) is 10.8 Å². The van der Waals surface area contributed by atoms with Crippen LogP contribution < -0.4 is 5.32 Å². The van der Waals surface area contributed by atoms with Crippen LogP contribution in [0.15, 0.2) is 16.8 Å². The maximum absolute atomic E-state index is 11.9. The van der Waals surface area contributed by atoms with E-state index in [1.54, 1.807) is 19.9 Å². The summed E-state index contributed by atoms with van der Waals surface area (Å²) in [6.07, 6.45) is -0.0163. The Hall–Kier alpha value is -1.40. The molecule has 0 aliphatic carbocycles. The van der Waals surface area contributed by atoms with Crippen molar-refractivity contribution in [3.63, 3.8) is 0 Å². The Kier molecular flexibility index (Phi) is 6.16. The molecule has 112 valence electrons. The molecule has 1 unspecified atom stereocenters. The number of thiophene rings is 1. The summed E-state index contributed by atoms with van der Waals surface area (Å²) in [6.45, 7) is 3.63. The third-order valence-corrected chi connectivity index (χ3v) is 4.43. The minimum absolute atomic E-state index is 0.0638. The van der Waals surface area contributed by atoms with Crippen LogP contribution in [0.4, 0.5) is 0 Å². The van der Waals surface area contributed by atoms with E-state index in [1.165, 1.54) is 11.3 Å². The van der Waals surface area contributed by atoms with E-state index in [2.05, 4.69) is 5.32 Å². The second kappa shape index (κ2) is 7.40. The first-order valence-electron chi connectivity index (χ1n) is 6.65. The Bertz CT molecular complexity index is 440. The molecule has 0 aliphatic heterocycles. The molecule has 1 atom stereocenters. The molecule has 5 nitrogen and oxygen atoms in total. The Morgan fingerprint density at radius 3 is 2.50 bits per heavy atom. The molecular weight excluding hydrogens is 278 g/mol. The van der Waals surface area contributed by atoms with Gasteiger partial charge in [-0.15, -0.1) is 0 Å². The number of carbonyl (C=O) groups excluding carboxylic acids is 1. The molecule has 20 heavy (non-hydrogen) atoms. The highest BCUT2D eigenvalue weighted by Gasteiger charge is 2.37. The largest absolute Gasteiger partial charge is 0.481 e. The van der Waals surface area contributed by atoms with Crippen LogP contribution in [0.1, 0.15) is 44.8 Å². The lowest BCUT2D eigenvalue weighted by molar-refractivity contribution is -0.152. The van der Waals surface area contributed by atoms with Crippen molar-refractivity contribution in [1.29, 1.82) is 0 Å². The summed E-state index contributed by atoms with van der Waals surface area (Å²) in [5.74, 6) is -1.29. The van der Waals surface area contributed by atoms with E-state index < -0.39 is 17.5 Å². The predicted octanol–water partition coefficient (Wildman–Crippen LogP) is 2.18. The number of carboxylic acid groups (broad SMARTS) is 1. The number of nitrogens with one attached hydrogen (secondary N) is 1. The molecule has 0 aromatic carbocycles. The lowest BCUT2D eigenvalue weighted by atomic mass is 9.79. The fraction of sp³-hybridized carbons (Fsp3) is 0.571. The van der Waals surface area contributed by atoms with E-state index in [4.69, 9.17) is 0 Å². The Balaban J connectivity index is 2.52. The molecule has 0 spiro atoms. The van der Waals surface area contributed by atoms with Gasteiger partial charge in [0.2, 0.25) is 5.91 Å². The number of carbonyl (C=O) groups is 2. The van der Waals surface area contributed by atoms with Gasteiger partial charge in [-0.05, 0) is 35.2 Å². The minimum Gasteiger partial charge on any atom is -0.481 e. The molecule has 0 fully saturated rings. The zero-order valence-corrected chi connectivity index (χ0v) is 12.6. The lowest BCUT2D eigenvalue weighted by Gasteiger charge is -2.26. The van der Waals surface area contributed by atoms with E-state index in [0.717, 1.165) is 5.56 Å². The van der Waals surface area contributed by atoms with Gasteiger partial charge in [0.1, 0.15) is 0 Å². The lowest BCUT2D eigenvalue weighted by Crippen LogP contribution is -2.38. The molecule has 0 saturated heterocycles. The zero-order chi connectivity index (χ0) is 15.2. The van der Waals surface area contributed by atoms with Gasteiger partial charge in [0.25, 0.3) is 0 Å². The molecule has 0 radical (unpaired) electrons. The van der Waals surface area contributed by atoms with Gasteiger partial charge in [-0.3, -0.25) is 9.59 Å². The Labute approximate surface area is 122 Å². The van der Waals surface area contributed by atoms with Crippen LogP contribution in [0.25, 0.3) is 0 Å². The highest BCUT2D eigenvalue weighted by Crippen LogP contribution is 2.30. The average Bonchev–Trinajstić information content (AvgIpc) is 2.96. The van der Waals surface area contributed by atoms with Gasteiger partial charge in [-0.1, -0.05) is 13.8 Å². The number of carboxylic acids is 1. The summed E-state index contributed by atoms with van der Waals surface area (Å²) < 4.78 is 0. The van der Waals surface area contributed by atoms with Crippen LogP contribution >= 0.6 is 11.3 Å². The maximum atomic E-state index is 11.9. The van der Waals surface area contributed by atoms with Gasteiger partial charge < -0.3 is 15.5 Å². The molecule has 6 heteroatoms. The number of amides is 1. The standard InChI is InChI=1S/C14H21NO4S/c1-3-14(4-2,13(18)19)7-12(17)15-8-11(16)10-5-6-20-9-10/h5-6,9,11,16H,3-4,7-8H2,1-2H3,(H,15,17)(H,18,19). The highest BCUT2D eigenvalue weighted by atomic mass is 32.1. The summed E-state index contributed by atoms with van der Waals surface area (Å²) in [7, 11) is 0. The maximum Gasteiger partial charge on any atom is 0.310 e. The van der Waals surface area contributed by atoms with Crippen LogP contribution in [-0.2, 0) is 9.59 Å². The van der Waals surface area contributed by atoms with Gasteiger partial charge in [0, 0.05) is 13.0 Å². The van der Waals surface area contributed by atoms with Gasteiger partial charge >= 0.3 is 5.97 Å². The molecule has 1 amide bonds. The second-order valence-electron chi connectivity index (χ2n) is 4.85. The molecule has 0 bridgehead atoms. The average molecular weight is 299 g/mol. The van der Waals surface area contributed by atoms with Gasteiger partial charge in [0.15, 0.2) is 0 Å². The first-order valence-corrected chi connectivity index (χ1v) is 7.59. The topological polar surface area (TPSA) is 86.6 Å². The van der Waals surface area contributed by atoms with Crippen LogP contribution in [0.3, 0.4) is 0 Å². The van der Waals surface area contributed by atoms with Crippen LogP contribution in [0.5, 0.6) is 0 Å². The molecule has 1 aromatic rings. The molecule has 3 N–H and O–H groups in total. The summed E-state index contributed by atoms with van der Waals surface area (Å²) >= 11 is 1.47. The third kappa shape index (κ3) is 4.05. The number of aliphatic carboxylic acids is 1. The molecular formula is C14H21NO4S. The van der Waals surface area contributed by atoms with Crippen molar-refractivity contribution in [2.75, 3.05) is 6.54 Å². The molecule has 0 saturated carbocycles. The predicted molar refractivity (Wildman–Crippen MR) is 77.6 cm³/mol. The van der Waals surface area contributed by atoms with Crippen molar-refractivity contribution in [2.45, 2.75) is 39.2 Å². The van der Waals surface area contributed by atoms with Crippen molar-refractivity contribution < 1.29 is 19.8 Å². The van der Waals surface area contributed by atoms with E-state index in [9.17, 15) is 19.8 Å². The van der Waals surface area contributed by atoms with Gasteiger partial charge in [0.05, 0.1) is 11.5 Å². The summed E-state index contributed by atoms with van der Waals surface area (Å²) in [4.78, 5) is 23.2. The number of aliphatic hydroxyl groups excluding tert-OH is 1. The number of rotatable bonds is 8. The van der Waals surface area contributed by atoms with Crippen molar-refractivity contribution in [1.82, 2.24) is 5.32 Å². The van der Waals surface area contributed by atoms with Crippen molar-refractivity contribution in [3.05, 3.63) is 22.4 Å². The second-order valence-corrected chi connectivity index (χ2v) is 5.63. The van der Waals surface area contributed by atoms with Crippen molar-refractivity contribution >= 4 is 23.2 Å². The van der Waals surface area contributed by atoms with Gasteiger partial charge in [-0.2, -0.15) is 11.3 Å². The SMILES string of the molecule is CCC(CC)(CC(=O)NCC(O)c1ccsc1)C(=O)O. The van der Waals surface area contributed by atoms with Gasteiger partial charge in [-0.25, -0.2) is 0 Å². The molecule has 1 rings (SSSR count). The first kappa shape index (κ1) is 16.7. The minimum atomic E-state index is -1.02. The Morgan fingerprint density at radius 2 is 2.05 bits per heavy atom. The fourth-order valence-corrected chi connectivity index (χ4v) is 2.75. The molecule has 0 aliphatic rings. The van der Waals surface area contributed by atoms with Crippen molar-refractivity contribution in [3.8, 4) is 0 Å². The van der Waals surface area contributed by atoms with E-state index >= 15 is 0 Å². The number of hydrogen-bond acceptors (Lipinski definition) is 4. The first-order chi connectivity index (χ1) is 9.45. The monoisotopic (exact) mass is 299 g/mol. The van der Waals surface area contributed by atoms with E-state index in [0.29, 0.717) is 12.8 Å². The quantitative estimate of drug-likeness (QED) is 0.686. The normalized spacial score (nSPS) is 12.9. The van der Waals surface area contributed by atoms with Crippen LogP contribution in [0.2, 0.25) is 0 Å². The zero-order valence-electron chi connectivity index (χ0n) is 11.8. The van der Waals surface area contributed by atoms with Crippen molar-refractivity contribution in [2.24, 2.45) is 5.41 Å². The van der Waals surface area contributed by atoms with Crippen LogP contribution in [-0.4, -0.2) is 28.6 Å². The van der Waals surface area contributed by atoms with Crippen LogP contribution in [0, 0.1) is 5.41 Å². The number of aliphatic hydroxyl groups is 1. The Morgan fingerprint density at radius 1 is 1.40 bits per heavy atom. The fourth-order valence-electron chi connectivity index (χ4n) is 2.04. The highest BCUT2D eigenvalue weighted by molar-refractivity contribution is 7.07. The molecule has 1 heterocycles. The summed E-state index contributed by atoms with van der Waals surface area (Å²) in [6, 6.07) is 1.79. The number of hydrogen-bond donors (Lipinski definition) is 3. The van der Waals surface area contributed by atoms with E-state index in [-0.39, 0.29) is 18.9 Å². The summed E-state index contributed by atoms with van der Waals surface area (Å²) in [5, 5.41) is 25.4. The molecule has 1 aromatic heterocycles. The smallest absolute Gasteiger partial charge is 0.310 e.